The third-order valence-corrected chi connectivity index (χ3v) is 5.31. The Balaban J connectivity index is 2.02. The average Bonchev–Trinajstić information content (AvgIpc) is 2.47. The molecule has 1 saturated carbocycles. The van der Waals surface area contributed by atoms with E-state index in [0.29, 0.717) is 22.9 Å². The molecule has 0 amide bonds. The molecular weight excluding hydrogens is 328 g/mol. The van der Waals surface area contributed by atoms with Gasteiger partial charge in [0.15, 0.2) is 0 Å². The summed E-state index contributed by atoms with van der Waals surface area (Å²) in [4.78, 5) is 10.7. The Morgan fingerprint density at radius 3 is 2.63 bits per heavy atom. The largest absolute Gasteiger partial charge is 0.491 e. The smallest absolute Gasteiger partial charge is 0.150 e. The molecule has 1 aromatic carbocycles. The molecule has 0 aliphatic heterocycles. The van der Waals surface area contributed by atoms with Gasteiger partial charge in [0.25, 0.3) is 0 Å². The van der Waals surface area contributed by atoms with Crippen molar-refractivity contribution < 1.29 is 9.53 Å². The van der Waals surface area contributed by atoms with Crippen LogP contribution in [0.15, 0.2) is 18.2 Å². The summed E-state index contributed by atoms with van der Waals surface area (Å²) in [7, 11) is 0. The van der Waals surface area contributed by atoms with Gasteiger partial charge in [0.1, 0.15) is 12.0 Å². The summed E-state index contributed by atoms with van der Waals surface area (Å²) in [5, 5.41) is 1.47. The van der Waals surface area contributed by atoms with E-state index in [1.807, 2.05) is 0 Å². The fraction of sp³-hybridized carbons (Fsp3) is 0.533. The van der Waals surface area contributed by atoms with Gasteiger partial charge in [-0.05, 0) is 31.0 Å². The summed E-state index contributed by atoms with van der Waals surface area (Å²) in [6.45, 7) is 0.679. The minimum atomic E-state index is 0.227. The highest BCUT2D eigenvalue weighted by Crippen LogP contribution is 2.39. The van der Waals surface area contributed by atoms with Gasteiger partial charge in [0, 0.05) is 16.3 Å². The number of ether oxygens (including phenoxy) is 1. The molecule has 0 unspecified atom stereocenters. The highest BCUT2D eigenvalue weighted by molar-refractivity contribution is 9.09. The lowest BCUT2D eigenvalue weighted by Crippen LogP contribution is -2.32. The van der Waals surface area contributed by atoms with Crippen LogP contribution in [0.3, 0.4) is 0 Å². The van der Waals surface area contributed by atoms with Gasteiger partial charge in [-0.2, -0.15) is 0 Å². The van der Waals surface area contributed by atoms with Gasteiger partial charge in [0.05, 0.1) is 11.6 Å². The van der Waals surface area contributed by atoms with Gasteiger partial charge in [-0.1, -0.05) is 46.8 Å². The molecule has 0 saturated heterocycles. The van der Waals surface area contributed by atoms with Crippen LogP contribution < -0.4 is 4.74 Å². The van der Waals surface area contributed by atoms with Crippen LogP contribution in [0.5, 0.6) is 5.75 Å². The monoisotopic (exact) mass is 344 g/mol. The first kappa shape index (κ1) is 14.9. The maximum atomic E-state index is 10.7. The van der Waals surface area contributed by atoms with E-state index in [1.165, 1.54) is 32.1 Å². The Kier molecular flexibility index (Phi) is 5.28. The second kappa shape index (κ2) is 6.76. The van der Waals surface area contributed by atoms with E-state index in [0.717, 1.165) is 11.6 Å². The standard InChI is InChI=1S/C15H18BrClO2/c16-10-15(6-2-1-3-7-15)11-19-14-5-4-12(9-18)8-13(14)17/h4-5,8-9H,1-3,6-7,10-11H2. The maximum absolute atomic E-state index is 10.7. The highest BCUT2D eigenvalue weighted by atomic mass is 79.9. The minimum Gasteiger partial charge on any atom is -0.491 e. The third-order valence-electron chi connectivity index (χ3n) is 3.82. The van der Waals surface area contributed by atoms with Crippen LogP contribution in [0.1, 0.15) is 42.5 Å². The van der Waals surface area contributed by atoms with E-state index < -0.39 is 0 Å². The SMILES string of the molecule is O=Cc1ccc(OCC2(CBr)CCCCC2)c(Cl)c1. The normalized spacial score (nSPS) is 18.0. The number of alkyl halides is 1. The Labute approximate surface area is 127 Å². The molecule has 4 heteroatoms. The molecule has 0 heterocycles. The quantitative estimate of drug-likeness (QED) is 0.562. The molecule has 0 N–H and O–H groups in total. The lowest BCUT2D eigenvalue weighted by molar-refractivity contribution is 0.112. The van der Waals surface area contributed by atoms with Crippen LogP contribution in [0.2, 0.25) is 5.02 Å². The van der Waals surface area contributed by atoms with Crippen molar-refractivity contribution in [3.05, 3.63) is 28.8 Å². The van der Waals surface area contributed by atoms with Crippen molar-refractivity contribution in [2.75, 3.05) is 11.9 Å². The molecule has 2 nitrogen and oxygen atoms in total. The topological polar surface area (TPSA) is 26.3 Å². The summed E-state index contributed by atoms with van der Waals surface area (Å²) in [5.41, 5.74) is 0.801. The van der Waals surface area contributed by atoms with Gasteiger partial charge in [-0.15, -0.1) is 0 Å². The first-order chi connectivity index (χ1) is 9.19. The molecule has 2 rings (SSSR count). The lowest BCUT2D eigenvalue weighted by atomic mass is 9.76. The lowest BCUT2D eigenvalue weighted by Gasteiger charge is -2.35. The van der Waals surface area contributed by atoms with E-state index in [9.17, 15) is 4.79 Å². The Bertz CT molecular complexity index is 442. The first-order valence-corrected chi connectivity index (χ1v) is 8.13. The van der Waals surface area contributed by atoms with Crippen LogP contribution in [0.4, 0.5) is 0 Å². The maximum Gasteiger partial charge on any atom is 0.150 e. The molecule has 1 aliphatic carbocycles. The molecule has 0 aromatic heterocycles. The van der Waals surface area contributed by atoms with Crippen molar-refractivity contribution in [3.63, 3.8) is 0 Å². The molecule has 1 aliphatic rings. The predicted octanol–water partition coefficient (Wildman–Crippen LogP) is 4.88. The van der Waals surface area contributed by atoms with Crippen LogP contribution in [0, 0.1) is 5.41 Å². The number of carbonyl (C=O) groups is 1. The third kappa shape index (κ3) is 3.73. The van der Waals surface area contributed by atoms with Crippen molar-refractivity contribution in [1.29, 1.82) is 0 Å². The molecule has 1 fully saturated rings. The molecule has 1 aromatic rings. The number of hydrogen-bond donors (Lipinski definition) is 0. The zero-order valence-corrected chi connectivity index (χ0v) is 13.2. The number of aldehydes is 1. The molecule has 104 valence electrons. The van der Waals surface area contributed by atoms with E-state index in [1.54, 1.807) is 18.2 Å². The van der Waals surface area contributed by atoms with E-state index >= 15 is 0 Å². The van der Waals surface area contributed by atoms with Gasteiger partial charge in [0.2, 0.25) is 0 Å². The van der Waals surface area contributed by atoms with Crippen molar-refractivity contribution in [1.82, 2.24) is 0 Å². The number of hydrogen-bond acceptors (Lipinski definition) is 2. The minimum absolute atomic E-state index is 0.227. The second-order valence-electron chi connectivity index (χ2n) is 5.29. The number of benzene rings is 1. The summed E-state index contributed by atoms with van der Waals surface area (Å²) in [6.07, 6.45) is 7.05. The molecule has 19 heavy (non-hydrogen) atoms. The van der Waals surface area contributed by atoms with Crippen molar-refractivity contribution in [3.8, 4) is 5.75 Å². The fourth-order valence-corrected chi connectivity index (χ4v) is 3.52. The van der Waals surface area contributed by atoms with E-state index in [4.69, 9.17) is 16.3 Å². The second-order valence-corrected chi connectivity index (χ2v) is 6.26. The van der Waals surface area contributed by atoms with Gasteiger partial charge < -0.3 is 4.74 Å². The van der Waals surface area contributed by atoms with Crippen LogP contribution in [0.25, 0.3) is 0 Å². The Morgan fingerprint density at radius 1 is 1.32 bits per heavy atom. The average molecular weight is 346 g/mol. The summed E-state index contributed by atoms with van der Waals surface area (Å²) in [6, 6.07) is 5.15. The van der Waals surface area contributed by atoms with Crippen LogP contribution >= 0.6 is 27.5 Å². The molecule has 0 atom stereocenters. The summed E-state index contributed by atoms with van der Waals surface area (Å²) >= 11 is 9.74. The molecular formula is C15H18BrClO2. The van der Waals surface area contributed by atoms with Crippen molar-refractivity contribution >= 4 is 33.8 Å². The van der Waals surface area contributed by atoms with E-state index in [-0.39, 0.29) is 5.41 Å². The van der Waals surface area contributed by atoms with Crippen molar-refractivity contribution in [2.24, 2.45) is 5.41 Å². The number of rotatable bonds is 5. The first-order valence-electron chi connectivity index (χ1n) is 6.63. The van der Waals surface area contributed by atoms with E-state index in [2.05, 4.69) is 15.9 Å². The molecule has 0 radical (unpaired) electrons. The zero-order chi connectivity index (χ0) is 13.7. The number of carbonyl (C=O) groups excluding carboxylic acids is 1. The number of halogens is 2. The predicted molar refractivity (Wildman–Crippen MR) is 81.6 cm³/mol. The Hall–Kier alpha value is -0.540. The van der Waals surface area contributed by atoms with Gasteiger partial charge in [-0.25, -0.2) is 0 Å². The van der Waals surface area contributed by atoms with Crippen molar-refractivity contribution in [2.45, 2.75) is 32.1 Å². The van der Waals surface area contributed by atoms with Gasteiger partial charge in [-0.3, -0.25) is 4.79 Å². The van der Waals surface area contributed by atoms with Crippen LogP contribution in [-0.4, -0.2) is 18.2 Å². The summed E-state index contributed by atoms with van der Waals surface area (Å²) < 4.78 is 5.89. The molecule has 0 bridgehead atoms. The fourth-order valence-electron chi connectivity index (χ4n) is 2.56. The zero-order valence-electron chi connectivity index (χ0n) is 10.8. The van der Waals surface area contributed by atoms with Gasteiger partial charge >= 0.3 is 0 Å². The highest BCUT2D eigenvalue weighted by Gasteiger charge is 2.32. The molecule has 0 spiro atoms. The Morgan fingerprint density at radius 2 is 2.05 bits per heavy atom. The summed E-state index contributed by atoms with van der Waals surface area (Å²) in [5.74, 6) is 0.665. The van der Waals surface area contributed by atoms with Crippen LogP contribution in [-0.2, 0) is 0 Å².